The minimum Gasteiger partial charge on any atom is -0.480 e. The fraction of sp³-hybridized carbons (Fsp3) is 0.867. The number of carboxylic acids is 1. The number of amides is 1. The molecule has 1 spiro atoms. The molecule has 0 radical (unpaired) electrons. The molecular formula is C15H25N3O3. The van der Waals surface area contributed by atoms with Gasteiger partial charge in [0.05, 0.1) is 0 Å². The van der Waals surface area contributed by atoms with Crippen molar-refractivity contribution in [2.24, 2.45) is 11.3 Å². The van der Waals surface area contributed by atoms with Crippen molar-refractivity contribution >= 4 is 11.9 Å². The Morgan fingerprint density at radius 1 is 1.19 bits per heavy atom. The maximum atomic E-state index is 12.6. The molecule has 2 heterocycles. The monoisotopic (exact) mass is 295 g/mol. The third kappa shape index (κ3) is 2.79. The second-order valence-electron chi connectivity index (χ2n) is 6.74. The Labute approximate surface area is 125 Å². The summed E-state index contributed by atoms with van der Waals surface area (Å²) in [6.07, 6.45) is 3.30. The molecule has 0 aromatic carbocycles. The molecule has 0 bridgehead atoms. The number of carbonyl (C=O) groups is 2. The van der Waals surface area contributed by atoms with Gasteiger partial charge in [-0.3, -0.25) is 14.5 Å². The van der Waals surface area contributed by atoms with Crippen molar-refractivity contribution in [1.82, 2.24) is 15.1 Å². The zero-order valence-corrected chi connectivity index (χ0v) is 12.7. The van der Waals surface area contributed by atoms with Gasteiger partial charge in [-0.05, 0) is 44.7 Å². The first kappa shape index (κ1) is 14.8. The first-order chi connectivity index (χ1) is 10.0. The molecule has 1 amide bonds. The number of hydrogen-bond acceptors (Lipinski definition) is 4. The number of nitrogens with one attached hydrogen (secondary N) is 1. The summed E-state index contributed by atoms with van der Waals surface area (Å²) in [4.78, 5) is 27.5. The lowest BCUT2D eigenvalue weighted by molar-refractivity contribution is -0.144. The molecule has 0 aromatic heterocycles. The van der Waals surface area contributed by atoms with Crippen LogP contribution in [0.15, 0.2) is 0 Å². The molecule has 2 saturated heterocycles. The number of hydrogen-bond donors (Lipinski definition) is 2. The van der Waals surface area contributed by atoms with Crippen molar-refractivity contribution in [2.75, 3.05) is 39.3 Å². The average Bonchev–Trinajstić information content (AvgIpc) is 3.19. The molecule has 2 N–H and O–H groups in total. The summed E-state index contributed by atoms with van der Waals surface area (Å²) in [5.41, 5.74) is 0.286. The molecular weight excluding hydrogens is 270 g/mol. The Balaban J connectivity index is 1.51. The van der Waals surface area contributed by atoms with E-state index in [0.29, 0.717) is 32.1 Å². The minimum absolute atomic E-state index is 0.225. The standard InChI is InChI=1S/C15H25N3O3/c1-11(14(20)21)17-6-8-18(9-7-17)13(19)12-10-15(12)2-4-16-5-3-15/h11-12,16H,2-10H2,1H3,(H,20,21). The molecule has 1 aliphatic carbocycles. The van der Waals surface area contributed by atoms with Crippen molar-refractivity contribution in [3.05, 3.63) is 0 Å². The van der Waals surface area contributed by atoms with Crippen LogP contribution in [0.3, 0.4) is 0 Å². The topological polar surface area (TPSA) is 72.9 Å². The Morgan fingerprint density at radius 2 is 1.81 bits per heavy atom. The average molecular weight is 295 g/mol. The number of rotatable bonds is 3. The van der Waals surface area contributed by atoms with E-state index in [9.17, 15) is 9.59 Å². The maximum absolute atomic E-state index is 12.6. The van der Waals surface area contributed by atoms with E-state index < -0.39 is 12.0 Å². The summed E-state index contributed by atoms with van der Waals surface area (Å²) < 4.78 is 0. The lowest BCUT2D eigenvalue weighted by atomic mass is 9.91. The lowest BCUT2D eigenvalue weighted by Crippen LogP contribution is -2.53. The van der Waals surface area contributed by atoms with Crippen LogP contribution in [0.25, 0.3) is 0 Å². The van der Waals surface area contributed by atoms with Gasteiger partial charge in [0.25, 0.3) is 0 Å². The maximum Gasteiger partial charge on any atom is 0.320 e. The zero-order chi connectivity index (χ0) is 15.0. The summed E-state index contributed by atoms with van der Waals surface area (Å²) in [5, 5.41) is 12.4. The van der Waals surface area contributed by atoms with Gasteiger partial charge < -0.3 is 15.3 Å². The predicted octanol–water partition coefficient (Wildman–Crippen LogP) is -0.00660. The fourth-order valence-corrected chi connectivity index (χ4v) is 3.88. The molecule has 2 unspecified atom stereocenters. The molecule has 2 aliphatic heterocycles. The van der Waals surface area contributed by atoms with Crippen LogP contribution in [0, 0.1) is 11.3 Å². The lowest BCUT2D eigenvalue weighted by Gasteiger charge is -2.37. The number of carbonyl (C=O) groups excluding carboxylic acids is 1. The van der Waals surface area contributed by atoms with E-state index in [1.165, 1.54) is 0 Å². The SMILES string of the molecule is CC(C(=O)O)N1CCN(C(=O)C2CC23CCNCC3)CC1. The van der Waals surface area contributed by atoms with E-state index in [0.717, 1.165) is 32.4 Å². The first-order valence-electron chi connectivity index (χ1n) is 8.00. The highest BCUT2D eigenvalue weighted by atomic mass is 16.4. The van der Waals surface area contributed by atoms with E-state index in [2.05, 4.69) is 5.32 Å². The van der Waals surface area contributed by atoms with Crippen molar-refractivity contribution in [2.45, 2.75) is 32.2 Å². The van der Waals surface area contributed by atoms with Crippen LogP contribution < -0.4 is 5.32 Å². The van der Waals surface area contributed by atoms with Gasteiger partial charge in [-0.2, -0.15) is 0 Å². The zero-order valence-electron chi connectivity index (χ0n) is 12.7. The molecule has 2 atom stereocenters. The highest BCUT2D eigenvalue weighted by molar-refractivity contribution is 5.83. The van der Waals surface area contributed by atoms with Crippen LogP contribution >= 0.6 is 0 Å². The van der Waals surface area contributed by atoms with Gasteiger partial charge in [0.15, 0.2) is 0 Å². The van der Waals surface area contributed by atoms with Gasteiger partial charge in [0, 0.05) is 32.1 Å². The number of carboxylic acid groups (broad SMARTS) is 1. The van der Waals surface area contributed by atoms with Crippen molar-refractivity contribution in [3.8, 4) is 0 Å². The molecule has 118 valence electrons. The fourth-order valence-electron chi connectivity index (χ4n) is 3.88. The Kier molecular flexibility index (Phi) is 3.92. The van der Waals surface area contributed by atoms with Gasteiger partial charge in [-0.15, -0.1) is 0 Å². The van der Waals surface area contributed by atoms with Crippen LogP contribution in [0.5, 0.6) is 0 Å². The number of aliphatic carboxylic acids is 1. The van der Waals surface area contributed by atoms with E-state index >= 15 is 0 Å². The van der Waals surface area contributed by atoms with Gasteiger partial charge in [0.2, 0.25) is 5.91 Å². The highest BCUT2D eigenvalue weighted by Crippen LogP contribution is 2.59. The van der Waals surface area contributed by atoms with E-state index in [1.807, 2.05) is 9.80 Å². The molecule has 3 fully saturated rings. The van der Waals surface area contributed by atoms with Gasteiger partial charge in [-0.25, -0.2) is 0 Å². The van der Waals surface area contributed by atoms with E-state index in [4.69, 9.17) is 5.11 Å². The summed E-state index contributed by atoms with van der Waals surface area (Å²) >= 11 is 0. The number of piperazine rings is 1. The quantitative estimate of drug-likeness (QED) is 0.766. The molecule has 3 rings (SSSR count). The summed E-state index contributed by atoms with van der Waals surface area (Å²) in [6.45, 7) is 6.45. The normalized spacial score (nSPS) is 30.1. The van der Waals surface area contributed by atoms with Crippen molar-refractivity contribution in [3.63, 3.8) is 0 Å². The van der Waals surface area contributed by atoms with Gasteiger partial charge in [-0.1, -0.05) is 0 Å². The van der Waals surface area contributed by atoms with Crippen LogP contribution in [0.1, 0.15) is 26.2 Å². The smallest absolute Gasteiger partial charge is 0.320 e. The summed E-state index contributed by atoms with van der Waals surface area (Å²) in [6, 6.07) is -0.459. The number of nitrogens with zero attached hydrogens (tertiary/aromatic N) is 2. The third-order valence-corrected chi connectivity index (χ3v) is 5.62. The largest absolute Gasteiger partial charge is 0.480 e. The second-order valence-corrected chi connectivity index (χ2v) is 6.74. The number of piperidine rings is 1. The molecule has 21 heavy (non-hydrogen) atoms. The van der Waals surface area contributed by atoms with E-state index in [1.54, 1.807) is 6.92 Å². The summed E-state index contributed by atoms with van der Waals surface area (Å²) in [5.74, 6) is -0.256. The highest BCUT2D eigenvalue weighted by Gasteiger charge is 2.58. The molecule has 1 saturated carbocycles. The summed E-state index contributed by atoms with van der Waals surface area (Å²) in [7, 11) is 0. The molecule has 3 aliphatic rings. The minimum atomic E-state index is -0.786. The Bertz CT molecular complexity index is 426. The molecule has 0 aromatic rings. The Morgan fingerprint density at radius 3 is 2.38 bits per heavy atom. The van der Waals surface area contributed by atoms with Crippen LogP contribution in [-0.2, 0) is 9.59 Å². The van der Waals surface area contributed by atoms with Gasteiger partial charge >= 0.3 is 5.97 Å². The first-order valence-corrected chi connectivity index (χ1v) is 8.00. The van der Waals surface area contributed by atoms with Crippen LogP contribution in [0.4, 0.5) is 0 Å². The molecule has 6 heteroatoms. The van der Waals surface area contributed by atoms with Crippen molar-refractivity contribution < 1.29 is 14.7 Å². The van der Waals surface area contributed by atoms with Crippen molar-refractivity contribution in [1.29, 1.82) is 0 Å². The third-order valence-electron chi connectivity index (χ3n) is 5.62. The van der Waals surface area contributed by atoms with Crippen LogP contribution in [-0.4, -0.2) is 72.1 Å². The van der Waals surface area contributed by atoms with Crippen LogP contribution in [0.2, 0.25) is 0 Å². The molecule has 6 nitrogen and oxygen atoms in total. The van der Waals surface area contributed by atoms with Gasteiger partial charge in [0.1, 0.15) is 6.04 Å². The Hall–Kier alpha value is -1.14. The second kappa shape index (κ2) is 5.57. The predicted molar refractivity (Wildman–Crippen MR) is 77.9 cm³/mol. The van der Waals surface area contributed by atoms with E-state index in [-0.39, 0.29) is 11.3 Å².